The predicted octanol–water partition coefficient (Wildman–Crippen LogP) is 2.32. The van der Waals surface area contributed by atoms with E-state index in [1.807, 2.05) is 12.1 Å². The van der Waals surface area contributed by atoms with Gasteiger partial charge < -0.3 is 11.1 Å². The van der Waals surface area contributed by atoms with Crippen LogP contribution in [0.25, 0.3) is 0 Å². The molecule has 0 bridgehead atoms. The summed E-state index contributed by atoms with van der Waals surface area (Å²) in [4.78, 5) is 11.8. The Morgan fingerprint density at radius 1 is 1.12 bits per heavy atom. The molecule has 4 heteroatoms. The topological polar surface area (TPSA) is 55.1 Å². The third kappa shape index (κ3) is 3.65. The van der Waals surface area contributed by atoms with Crippen LogP contribution in [0.3, 0.4) is 0 Å². The molecule has 2 rings (SSSR count). The molecule has 0 fully saturated rings. The summed E-state index contributed by atoms with van der Waals surface area (Å²) in [6, 6.07) is 16.8. The Balaban J connectivity index is 0.00000144. The van der Waals surface area contributed by atoms with Gasteiger partial charge in [-0.1, -0.05) is 17.7 Å². The van der Waals surface area contributed by atoms with Gasteiger partial charge in [-0.3, -0.25) is 4.79 Å². The van der Waals surface area contributed by atoms with Crippen molar-refractivity contribution in [3.63, 3.8) is 0 Å². The maximum absolute atomic E-state index is 11.8. The van der Waals surface area contributed by atoms with Crippen LogP contribution in [0.15, 0.2) is 48.5 Å². The van der Waals surface area contributed by atoms with Crippen molar-refractivity contribution in [3.05, 3.63) is 60.2 Å². The van der Waals surface area contributed by atoms with Crippen LogP contribution in [0.4, 0.5) is 11.4 Å². The standard InChI is InChI=1S/C13H11N2O.Y/c14-11-8-4-5-9-12(11)15-13(16)10-6-2-1-3-7-10;/h2-9H,14H2,(H,15,16);/q-1;. The number of para-hydroxylation sites is 2. The number of anilines is 2. The summed E-state index contributed by atoms with van der Waals surface area (Å²) in [5.74, 6) is -0.174. The number of nitrogens with one attached hydrogen (secondary N) is 1. The van der Waals surface area contributed by atoms with E-state index in [0.717, 1.165) is 0 Å². The van der Waals surface area contributed by atoms with E-state index in [2.05, 4.69) is 11.4 Å². The Kier molecular flexibility index (Phi) is 5.33. The molecular formula is C13H11N2OY-. The molecule has 0 aliphatic carbocycles. The SMILES string of the molecule is Nc1ccccc1NC(=O)c1cc[c-]cc1.[Y]. The zero-order chi connectivity index (χ0) is 11.4. The summed E-state index contributed by atoms with van der Waals surface area (Å²) in [6.45, 7) is 0. The van der Waals surface area contributed by atoms with Crippen molar-refractivity contribution in [1.29, 1.82) is 0 Å². The molecule has 0 aromatic heterocycles. The third-order valence-corrected chi connectivity index (χ3v) is 2.19. The molecule has 83 valence electrons. The second-order valence-electron chi connectivity index (χ2n) is 3.33. The van der Waals surface area contributed by atoms with E-state index in [-0.39, 0.29) is 38.6 Å². The van der Waals surface area contributed by atoms with Crippen LogP contribution >= 0.6 is 0 Å². The second kappa shape index (κ2) is 6.53. The molecule has 0 aliphatic rings. The molecule has 1 amide bonds. The van der Waals surface area contributed by atoms with Gasteiger partial charge in [0.15, 0.2) is 0 Å². The molecule has 0 heterocycles. The van der Waals surface area contributed by atoms with Crippen LogP contribution in [0.5, 0.6) is 0 Å². The number of amides is 1. The number of hydrogen-bond acceptors (Lipinski definition) is 2. The maximum atomic E-state index is 11.8. The van der Waals surface area contributed by atoms with E-state index in [4.69, 9.17) is 5.73 Å². The van der Waals surface area contributed by atoms with E-state index in [9.17, 15) is 4.79 Å². The summed E-state index contributed by atoms with van der Waals surface area (Å²) in [6.07, 6.45) is 0. The fourth-order valence-electron chi connectivity index (χ4n) is 1.34. The van der Waals surface area contributed by atoms with Crippen molar-refractivity contribution in [3.8, 4) is 0 Å². The Hall–Kier alpha value is -1.19. The Bertz CT molecular complexity index is 500. The van der Waals surface area contributed by atoms with Gasteiger partial charge in [0.2, 0.25) is 5.91 Å². The summed E-state index contributed by atoms with van der Waals surface area (Å²) in [5.41, 5.74) is 7.49. The van der Waals surface area contributed by atoms with Crippen molar-refractivity contribution >= 4 is 17.3 Å². The average Bonchev–Trinajstić information content (AvgIpc) is 2.33. The van der Waals surface area contributed by atoms with Gasteiger partial charge in [0.05, 0.1) is 11.4 Å². The van der Waals surface area contributed by atoms with Crippen molar-refractivity contribution in [2.24, 2.45) is 0 Å². The van der Waals surface area contributed by atoms with Crippen LogP contribution in [0.2, 0.25) is 0 Å². The minimum Gasteiger partial charge on any atom is -0.397 e. The maximum Gasteiger partial charge on any atom is 0.231 e. The summed E-state index contributed by atoms with van der Waals surface area (Å²) in [5, 5.41) is 2.75. The average molecular weight is 300 g/mol. The monoisotopic (exact) mass is 300 g/mol. The van der Waals surface area contributed by atoms with Crippen LogP contribution in [-0.4, -0.2) is 5.91 Å². The van der Waals surface area contributed by atoms with Crippen LogP contribution in [0.1, 0.15) is 10.4 Å². The van der Waals surface area contributed by atoms with Gasteiger partial charge >= 0.3 is 0 Å². The number of rotatable bonds is 2. The molecule has 0 atom stereocenters. The first-order chi connectivity index (χ1) is 7.77. The Morgan fingerprint density at radius 3 is 2.41 bits per heavy atom. The first-order valence-electron chi connectivity index (χ1n) is 4.89. The summed E-state index contributed by atoms with van der Waals surface area (Å²) >= 11 is 0. The van der Waals surface area contributed by atoms with E-state index in [0.29, 0.717) is 16.9 Å². The molecule has 3 nitrogen and oxygen atoms in total. The van der Waals surface area contributed by atoms with Crippen molar-refractivity contribution in [2.45, 2.75) is 0 Å². The van der Waals surface area contributed by atoms with E-state index in [1.54, 1.807) is 36.4 Å². The number of nitrogen functional groups attached to an aromatic ring is 1. The van der Waals surface area contributed by atoms with E-state index in [1.165, 1.54) is 0 Å². The molecule has 1 radical (unpaired) electrons. The van der Waals surface area contributed by atoms with Gasteiger partial charge in [-0.2, -0.15) is 30.3 Å². The third-order valence-electron chi connectivity index (χ3n) is 2.19. The first-order valence-corrected chi connectivity index (χ1v) is 4.89. The van der Waals surface area contributed by atoms with Gasteiger partial charge in [0, 0.05) is 32.7 Å². The number of benzene rings is 2. The molecule has 0 aliphatic heterocycles. The number of hydrogen-bond donors (Lipinski definition) is 2. The first kappa shape index (κ1) is 13.9. The zero-order valence-electron chi connectivity index (χ0n) is 9.18. The van der Waals surface area contributed by atoms with Crippen molar-refractivity contribution in [2.75, 3.05) is 11.1 Å². The largest absolute Gasteiger partial charge is 0.397 e. The minimum absolute atomic E-state index is 0. The fourth-order valence-corrected chi connectivity index (χ4v) is 1.34. The normalized spacial score (nSPS) is 9.18. The summed E-state index contributed by atoms with van der Waals surface area (Å²) < 4.78 is 0. The molecule has 0 saturated carbocycles. The smallest absolute Gasteiger partial charge is 0.231 e. The van der Waals surface area contributed by atoms with Crippen LogP contribution in [0, 0.1) is 6.07 Å². The van der Waals surface area contributed by atoms with Crippen LogP contribution < -0.4 is 11.1 Å². The van der Waals surface area contributed by atoms with Crippen molar-refractivity contribution < 1.29 is 37.5 Å². The molecule has 2 aromatic rings. The molecule has 0 unspecified atom stereocenters. The quantitative estimate of drug-likeness (QED) is 0.660. The van der Waals surface area contributed by atoms with Gasteiger partial charge in [-0.25, -0.2) is 0 Å². The van der Waals surface area contributed by atoms with Crippen molar-refractivity contribution in [1.82, 2.24) is 0 Å². The number of nitrogens with two attached hydrogens (primary N) is 1. The fraction of sp³-hybridized carbons (Fsp3) is 0. The molecule has 0 spiro atoms. The molecule has 3 N–H and O–H groups in total. The second-order valence-corrected chi connectivity index (χ2v) is 3.33. The molecule has 2 aromatic carbocycles. The van der Waals surface area contributed by atoms with Gasteiger partial charge in [-0.15, -0.1) is 0 Å². The molecular weight excluding hydrogens is 289 g/mol. The molecule has 17 heavy (non-hydrogen) atoms. The minimum atomic E-state index is -0.174. The van der Waals surface area contributed by atoms with E-state index < -0.39 is 0 Å². The summed E-state index contributed by atoms with van der Waals surface area (Å²) in [7, 11) is 0. The van der Waals surface area contributed by atoms with Gasteiger partial charge in [-0.05, 0) is 12.1 Å². The zero-order valence-corrected chi connectivity index (χ0v) is 12.0. The van der Waals surface area contributed by atoms with Gasteiger partial charge in [0.1, 0.15) is 0 Å². The van der Waals surface area contributed by atoms with Crippen LogP contribution in [-0.2, 0) is 32.7 Å². The predicted molar refractivity (Wildman–Crippen MR) is 64.1 cm³/mol. The Morgan fingerprint density at radius 2 is 1.76 bits per heavy atom. The molecule has 0 saturated heterocycles. The van der Waals surface area contributed by atoms with E-state index >= 15 is 0 Å². The number of carbonyl (C=O) groups excluding carboxylic acids is 1. The number of carbonyl (C=O) groups is 1. The Labute approximate surface area is 125 Å². The van der Waals surface area contributed by atoms with Gasteiger partial charge in [0.25, 0.3) is 0 Å².